The molecule has 0 bridgehead atoms. The number of hydrogen-bond donors (Lipinski definition) is 2. The predicted octanol–water partition coefficient (Wildman–Crippen LogP) is 2.37. The fourth-order valence-corrected chi connectivity index (χ4v) is 1.88. The highest BCUT2D eigenvalue weighted by Crippen LogP contribution is 2.19. The minimum Gasteiger partial charge on any atom is -0.507 e. The topological polar surface area (TPSA) is 49.3 Å². The standard InChI is InChI=1S/C13H14FNO2/c14-9-6-7-11(12(16)8-9)13(17)15-10-4-2-1-3-5-10/h1-2,6-8,10,16H,3-5H2,(H,15,17). The van der Waals surface area contributed by atoms with Gasteiger partial charge in [-0.2, -0.15) is 0 Å². The van der Waals surface area contributed by atoms with Crippen LogP contribution >= 0.6 is 0 Å². The first-order valence-electron chi connectivity index (χ1n) is 5.61. The van der Waals surface area contributed by atoms with Crippen molar-refractivity contribution in [2.24, 2.45) is 0 Å². The number of halogens is 1. The Morgan fingerprint density at radius 3 is 2.88 bits per heavy atom. The van der Waals surface area contributed by atoms with Crippen molar-refractivity contribution >= 4 is 5.91 Å². The van der Waals surface area contributed by atoms with Gasteiger partial charge in [-0.1, -0.05) is 12.2 Å². The van der Waals surface area contributed by atoms with Crippen LogP contribution in [0.15, 0.2) is 30.4 Å². The third-order valence-corrected chi connectivity index (χ3v) is 2.81. The van der Waals surface area contributed by atoms with Gasteiger partial charge in [-0.05, 0) is 31.4 Å². The van der Waals surface area contributed by atoms with E-state index in [1.807, 2.05) is 6.08 Å². The molecule has 1 aliphatic carbocycles. The lowest BCUT2D eigenvalue weighted by molar-refractivity contribution is 0.0932. The van der Waals surface area contributed by atoms with Crippen molar-refractivity contribution < 1.29 is 14.3 Å². The van der Waals surface area contributed by atoms with E-state index in [0.717, 1.165) is 31.4 Å². The predicted molar refractivity (Wildman–Crippen MR) is 62.3 cm³/mol. The highest BCUT2D eigenvalue weighted by molar-refractivity contribution is 5.96. The van der Waals surface area contributed by atoms with Gasteiger partial charge in [0.05, 0.1) is 5.56 Å². The second-order valence-electron chi connectivity index (χ2n) is 4.12. The van der Waals surface area contributed by atoms with Crippen molar-refractivity contribution in [1.29, 1.82) is 0 Å². The lowest BCUT2D eigenvalue weighted by Gasteiger charge is -2.19. The Bertz CT molecular complexity index is 457. The van der Waals surface area contributed by atoms with Crippen LogP contribution in [0.4, 0.5) is 4.39 Å². The number of aromatic hydroxyl groups is 1. The third-order valence-electron chi connectivity index (χ3n) is 2.81. The van der Waals surface area contributed by atoms with E-state index in [1.165, 1.54) is 6.07 Å². The second kappa shape index (κ2) is 4.99. The minimum absolute atomic E-state index is 0.0944. The van der Waals surface area contributed by atoms with E-state index in [9.17, 15) is 14.3 Å². The Balaban J connectivity index is 2.06. The summed E-state index contributed by atoms with van der Waals surface area (Å²) in [5.74, 6) is -1.24. The van der Waals surface area contributed by atoms with Crippen LogP contribution in [-0.4, -0.2) is 17.1 Å². The molecule has 2 rings (SSSR count). The van der Waals surface area contributed by atoms with Crippen molar-refractivity contribution in [3.8, 4) is 5.75 Å². The summed E-state index contributed by atoms with van der Waals surface area (Å²) in [7, 11) is 0. The number of carbonyl (C=O) groups excluding carboxylic acids is 1. The maximum atomic E-state index is 12.8. The van der Waals surface area contributed by atoms with Gasteiger partial charge in [-0.25, -0.2) is 4.39 Å². The summed E-state index contributed by atoms with van der Waals surface area (Å²) in [4.78, 5) is 11.8. The normalized spacial score (nSPS) is 19.0. The number of carbonyl (C=O) groups is 1. The zero-order valence-corrected chi connectivity index (χ0v) is 9.32. The summed E-state index contributed by atoms with van der Waals surface area (Å²) in [5, 5.41) is 12.3. The lowest BCUT2D eigenvalue weighted by atomic mass is 10.0. The van der Waals surface area contributed by atoms with Crippen LogP contribution in [0.2, 0.25) is 0 Å². The summed E-state index contributed by atoms with van der Waals surface area (Å²) in [6.45, 7) is 0. The molecule has 1 aliphatic rings. The summed E-state index contributed by atoms with van der Waals surface area (Å²) >= 11 is 0. The molecule has 0 saturated carbocycles. The molecule has 1 atom stereocenters. The summed E-state index contributed by atoms with van der Waals surface area (Å²) in [6.07, 6.45) is 6.75. The molecule has 0 radical (unpaired) electrons. The van der Waals surface area contributed by atoms with Crippen molar-refractivity contribution in [2.75, 3.05) is 0 Å². The molecule has 3 nitrogen and oxygen atoms in total. The maximum Gasteiger partial charge on any atom is 0.255 e. The monoisotopic (exact) mass is 235 g/mol. The average molecular weight is 235 g/mol. The second-order valence-corrected chi connectivity index (χ2v) is 4.12. The Hall–Kier alpha value is -1.84. The van der Waals surface area contributed by atoms with Gasteiger partial charge >= 0.3 is 0 Å². The van der Waals surface area contributed by atoms with Crippen LogP contribution in [0.25, 0.3) is 0 Å². The van der Waals surface area contributed by atoms with Crippen molar-refractivity contribution in [1.82, 2.24) is 5.32 Å². The van der Waals surface area contributed by atoms with Gasteiger partial charge in [0.25, 0.3) is 5.91 Å². The molecule has 0 aliphatic heterocycles. The Morgan fingerprint density at radius 1 is 1.41 bits per heavy atom. The lowest BCUT2D eigenvalue weighted by Crippen LogP contribution is -2.35. The van der Waals surface area contributed by atoms with E-state index in [2.05, 4.69) is 11.4 Å². The van der Waals surface area contributed by atoms with Gasteiger partial charge in [0.15, 0.2) is 0 Å². The highest BCUT2D eigenvalue weighted by Gasteiger charge is 2.16. The SMILES string of the molecule is O=C(NC1CC=CCC1)c1ccc(F)cc1O. The maximum absolute atomic E-state index is 12.8. The molecule has 1 amide bonds. The molecule has 0 saturated heterocycles. The number of rotatable bonds is 2. The fourth-order valence-electron chi connectivity index (χ4n) is 1.88. The average Bonchev–Trinajstić information content (AvgIpc) is 2.30. The number of phenols is 1. The molecule has 4 heteroatoms. The van der Waals surface area contributed by atoms with Crippen molar-refractivity contribution in [3.63, 3.8) is 0 Å². The largest absolute Gasteiger partial charge is 0.507 e. The Morgan fingerprint density at radius 2 is 2.24 bits per heavy atom. The zero-order valence-electron chi connectivity index (χ0n) is 9.32. The van der Waals surface area contributed by atoms with Crippen LogP contribution in [0.1, 0.15) is 29.6 Å². The number of allylic oxidation sites excluding steroid dienone is 1. The molecule has 0 heterocycles. The molecule has 1 aromatic rings. The first kappa shape index (κ1) is 11.6. The molecule has 0 fully saturated rings. The van der Waals surface area contributed by atoms with E-state index in [1.54, 1.807) is 0 Å². The first-order chi connectivity index (χ1) is 8.16. The summed E-state index contributed by atoms with van der Waals surface area (Å²) < 4.78 is 12.8. The molecule has 17 heavy (non-hydrogen) atoms. The van der Waals surface area contributed by atoms with E-state index in [-0.39, 0.29) is 23.3 Å². The quantitative estimate of drug-likeness (QED) is 0.773. The molecule has 0 spiro atoms. The third kappa shape index (κ3) is 2.84. The van der Waals surface area contributed by atoms with Crippen molar-refractivity contribution in [2.45, 2.75) is 25.3 Å². The van der Waals surface area contributed by atoms with E-state index in [4.69, 9.17) is 0 Å². The van der Waals surface area contributed by atoms with Crippen LogP contribution in [0.5, 0.6) is 5.75 Å². The molecular weight excluding hydrogens is 221 g/mol. The van der Waals surface area contributed by atoms with Gasteiger partial charge in [0.1, 0.15) is 11.6 Å². The molecular formula is C13H14FNO2. The fraction of sp³-hybridized carbons (Fsp3) is 0.308. The molecule has 1 aromatic carbocycles. The Kier molecular flexibility index (Phi) is 3.42. The van der Waals surface area contributed by atoms with Crippen LogP contribution in [0, 0.1) is 5.82 Å². The van der Waals surface area contributed by atoms with Gasteiger partial charge in [-0.15, -0.1) is 0 Å². The number of phenolic OH excluding ortho intramolecular Hbond substituents is 1. The number of amides is 1. The molecule has 90 valence electrons. The van der Waals surface area contributed by atoms with Crippen LogP contribution < -0.4 is 5.32 Å². The summed E-state index contributed by atoms with van der Waals surface area (Å²) in [6, 6.07) is 3.49. The van der Waals surface area contributed by atoms with Crippen LogP contribution in [-0.2, 0) is 0 Å². The molecule has 1 unspecified atom stereocenters. The number of hydrogen-bond acceptors (Lipinski definition) is 2. The van der Waals surface area contributed by atoms with E-state index < -0.39 is 5.82 Å². The van der Waals surface area contributed by atoms with Crippen molar-refractivity contribution in [3.05, 3.63) is 41.7 Å². The molecule has 0 aromatic heterocycles. The zero-order chi connectivity index (χ0) is 12.3. The first-order valence-corrected chi connectivity index (χ1v) is 5.61. The van der Waals surface area contributed by atoms with Gasteiger partial charge < -0.3 is 10.4 Å². The van der Waals surface area contributed by atoms with Gasteiger partial charge in [0.2, 0.25) is 0 Å². The van der Waals surface area contributed by atoms with Gasteiger partial charge in [-0.3, -0.25) is 4.79 Å². The Labute approximate surface area is 99.0 Å². The summed E-state index contributed by atoms with van der Waals surface area (Å²) in [5.41, 5.74) is 0.112. The minimum atomic E-state index is -0.556. The number of nitrogens with one attached hydrogen (secondary N) is 1. The van der Waals surface area contributed by atoms with E-state index in [0.29, 0.717) is 0 Å². The van der Waals surface area contributed by atoms with Gasteiger partial charge in [0, 0.05) is 12.1 Å². The highest BCUT2D eigenvalue weighted by atomic mass is 19.1. The van der Waals surface area contributed by atoms with E-state index >= 15 is 0 Å². The smallest absolute Gasteiger partial charge is 0.255 e. The van der Waals surface area contributed by atoms with Crippen LogP contribution in [0.3, 0.4) is 0 Å². The number of benzene rings is 1. The molecule has 2 N–H and O–H groups in total.